The van der Waals surface area contributed by atoms with E-state index >= 15 is 0 Å². The predicted octanol–water partition coefficient (Wildman–Crippen LogP) is 0.533. The summed E-state index contributed by atoms with van der Waals surface area (Å²) in [5.41, 5.74) is 1.85. The maximum atomic E-state index is 10.7. The number of anilines is 1. The van der Waals surface area contributed by atoms with E-state index < -0.39 is 10.0 Å². The van der Waals surface area contributed by atoms with Crippen LogP contribution >= 0.6 is 0 Å². The van der Waals surface area contributed by atoms with E-state index in [-0.39, 0.29) is 5.75 Å². The lowest BCUT2D eigenvalue weighted by Crippen LogP contribution is -2.22. The number of hydrogen-bond donors (Lipinski definition) is 2. The Hall–Kier alpha value is -1.11. The number of sulfonamides is 1. The van der Waals surface area contributed by atoms with Crippen molar-refractivity contribution in [3.8, 4) is 0 Å². The third-order valence-corrected chi connectivity index (χ3v) is 2.79. The normalized spacial score (nSPS) is 11.4. The molecule has 16 heavy (non-hydrogen) atoms. The summed E-state index contributed by atoms with van der Waals surface area (Å²) in [6.07, 6.45) is 0. The van der Waals surface area contributed by atoms with Crippen molar-refractivity contribution in [2.45, 2.75) is 6.61 Å². The number of rotatable bonds is 6. The third kappa shape index (κ3) is 4.61. The van der Waals surface area contributed by atoms with E-state index in [2.05, 4.69) is 5.32 Å². The highest BCUT2D eigenvalue weighted by Crippen LogP contribution is 2.15. The lowest BCUT2D eigenvalue weighted by atomic mass is 10.2. The zero-order chi connectivity index (χ0) is 12.0. The molecular weight excluding hydrogens is 228 g/mol. The molecule has 0 radical (unpaired) electrons. The molecule has 0 atom stereocenters. The number of primary sulfonamides is 1. The van der Waals surface area contributed by atoms with E-state index in [9.17, 15) is 8.42 Å². The molecule has 0 aliphatic carbocycles. The Morgan fingerprint density at radius 2 is 2.06 bits per heavy atom. The molecule has 0 saturated heterocycles. The molecule has 3 N–H and O–H groups in total. The van der Waals surface area contributed by atoms with Crippen LogP contribution in [0.4, 0.5) is 5.69 Å². The van der Waals surface area contributed by atoms with Gasteiger partial charge < -0.3 is 10.1 Å². The van der Waals surface area contributed by atoms with Crippen molar-refractivity contribution in [1.82, 2.24) is 0 Å². The molecule has 0 heterocycles. The summed E-state index contributed by atoms with van der Waals surface area (Å²) in [5.74, 6) is -0.0890. The van der Waals surface area contributed by atoms with Crippen LogP contribution in [0.25, 0.3) is 0 Å². The minimum atomic E-state index is -3.41. The number of benzene rings is 1. The molecule has 0 spiro atoms. The molecule has 90 valence electrons. The van der Waals surface area contributed by atoms with Gasteiger partial charge in [0.2, 0.25) is 10.0 Å². The first-order valence-corrected chi connectivity index (χ1v) is 6.55. The molecule has 0 aliphatic rings. The first-order chi connectivity index (χ1) is 7.53. The summed E-state index contributed by atoms with van der Waals surface area (Å²) >= 11 is 0. The van der Waals surface area contributed by atoms with Crippen LogP contribution in [-0.2, 0) is 21.4 Å². The molecule has 0 bridgehead atoms. The van der Waals surface area contributed by atoms with E-state index in [0.717, 1.165) is 11.3 Å². The number of ether oxygens (including phenoxy) is 1. The molecule has 0 saturated carbocycles. The van der Waals surface area contributed by atoms with Gasteiger partial charge in [-0.3, -0.25) is 0 Å². The van der Waals surface area contributed by atoms with Crippen LogP contribution in [0.15, 0.2) is 24.3 Å². The molecule has 0 amide bonds. The fraction of sp³-hybridized carbons (Fsp3) is 0.400. The lowest BCUT2D eigenvalue weighted by Gasteiger charge is -2.10. The van der Waals surface area contributed by atoms with Gasteiger partial charge in [-0.1, -0.05) is 18.2 Å². The van der Waals surface area contributed by atoms with E-state index in [1.165, 1.54) is 0 Å². The molecule has 1 aromatic rings. The fourth-order valence-electron chi connectivity index (χ4n) is 1.30. The van der Waals surface area contributed by atoms with E-state index in [1.54, 1.807) is 7.11 Å². The predicted molar refractivity (Wildman–Crippen MR) is 63.6 cm³/mol. The van der Waals surface area contributed by atoms with Gasteiger partial charge in [0, 0.05) is 24.9 Å². The Labute approximate surface area is 95.7 Å². The van der Waals surface area contributed by atoms with Crippen molar-refractivity contribution in [2.75, 3.05) is 24.7 Å². The molecule has 1 aromatic carbocycles. The lowest BCUT2D eigenvalue weighted by molar-refractivity contribution is 0.185. The average Bonchev–Trinajstić information content (AvgIpc) is 2.19. The fourth-order valence-corrected chi connectivity index (χ4v) is 1.69. The van der Waals surface area contributed by atoms with Gasteiger partial charge in [0.15, 0.2) is 0 Å². The van der Waals surface area contributed by atoms with Crippen LogP contribution in [0, 0.1) is 0 Å². The number of hydrogen-bond acceptors (Lipinski definition) is 4. The molecule has 6 heteroatoms. The molecule has 1 rings (SSSR count). The molecule has 5 nitrogen and oxygen atoms in total. The molecule has 0 aliphatic heterocycles. The zero-order valence-electron chi connectivity index (χ0n) is 9.14. The topological polar surface area (TPSA) is 81.4 Å². The van der Waals surface area contributed by atoms with Crippen LogP contribution in [0.2, 0.25) is 0 Å². The van der Waals surface area contributed by atoms with Gasteiger partial charge in [0.25, 0.3) is 0 Å². The van der Waals surface area contributed by atoms with Gasteiger partial charge >= 0.3 is 0 Å². The Kier molecular flexibility index (Phi) is 4.72. The summed E-state index contributed by atoms with van der Waals surface area (Å²) in [4.78, 5) is 0. The van der Waals surface area contributed by atoms with E-state index in [0.29, 0.717) is 13.2 Å². The summed E-state index contributed by atoms with van der Waals surface area (Å²) in [5, 5.41) is 7.92. The standard InChI is InChI=1S/C10H16N2O3S/c1-15-8-9-4-2-3-5-10(9)12-6-7-16(11,13)14/h2-5,12H,6-8H2,1H3,(H2,11,13,14). The van der Waals surface area contributed by atoms with Crippen LogP contribution in [-0.4, -0.2) is 27.8 Å². The quantitative estimate of drug-likeness (QED) is 0.765. The van der Waals surface area contributed by atoms with Gasteiger partial charge in [0.05, 0.1) is 12.4 Å². The van der Waals surface area contributed by atoms with Crippen LogP contribution < -0.4 is 10.5 Å². The molecule has 0 fully saturated rings. The summed E-state index contributed by atoms with van der Waals surface area (Å²) in [7, 11) is -1.80. The summed E-state index contributed by atoms with van der Waals surface area (Å²) < 4.78 is 26.5. The largest absolute Gasteiger partial charge is 0.384 e. The van der Waals surface area contributed by atoms with Crippen LogP contribution in [0.1, 0.15) is 5.56 Å². The van der Waals surface area contributed by atoms with E-state index in [1.807, 2.05) is 24.3 Å². The second-order valence-electron chi connectivity index (χ2n) is 3.38. The number of para-hydroxylation sites is 1. The smallest absolute Gasteiger partial charge is 0.210 e. The maximum absolute atomic E-state index is 10.7. The van der Waals surface area contributed by atoms with Crippen molar-refractivity contribution in [3.05, 3.63) is 29.8 Å². The number of nitrogens with one attached hydrogen (secondary N) is 1. The molecule has 0 unspecified atom stereocenters. The second kappa shape index (κ2) is 5.83. The third-order valence-electron chi connectivity index (χ3n) is 2.02. The number of methoxy groups -OCH3 is 1. The van der Waals surface area contributed by atoms with Crippen molar-refractivity contribution < 1.29 is 13.2 Å². The molecule has 0 aromatic heterocycles. The van der Waals surface area contributed by atoms with Crippen LogP contribution in [0.5, 0.6) is 0 Å². The van der Waals surface area contributed by atoms with Crippen molar-refractivity contribution in [2.24, 2.45) is 5.14 Å². The van der Waals surface area contributed by atoms with Crippen molar-refractivity contribution in [3.63, 3.8) is 0 Å². The monoisotopic (exact) mass is 244 g/mol. The Morgan fingerprint density at radius 1 is 1.38 bits per heavy atom. The first-order valence-electron chi connectivity index (χ1n) is 4.84. The Bertz CT molecular complexity index is 431. The van der Waals surface area contributed by atoms with E-state index in [4.69, 9.17) is 9.88 Å². The van der Waals surface area contributed by atoms with Gasteiger partial charge in [-0.15, -0.1) is 0 Å². The minimum Gasteiger partial charge on any atom is -0.384 e. The van der Waals surface area contributed by atoms with Crippen LogP contribution in [0.3, 0.4) is 0 Å². The Morgan fingerprint density at radius 3 is 2.69 bits per heavy atom. The average molecular weight is 244 g/mol. The van der Waals surface area contributed by atoms with Gasteiger partial charge in [-0.25, -0.2) is 13.6 Å². The van der Waals surface area contributed by atoms with Gasteiger partial charge in [-0.05, 0) is 6.07 Å². The minimum absolute atomic E-state index is 0.0890. The highest BCUT2D eigenvalue weighted by molar-refractivity contribution is 7.89. The highest BCUT2D eigenvalue weighted by atomic mass is 32.2. The van der Waals surface area contributed by atoms with Gasteiger partial charge in [0.1, 0.15) is 0 Å². The Balaban J connectivity index is 2.59. The number of nitrogens with two attached hydrogens (primary N) is 1. The highest BCUT2D eigenvalue weighted by Gasteiger charge is 2.04. The van der Waals surface area contributed by atoms with Gasteiger partial charge in [-0.2, -0.15) is 0 Å². The SMILES string of the molecule is COCc1ccccc1NCCS(N)(=O)=O. The zero-order valence-corrected chi connectivity index (χ0v) is 9.96. The van der Waals surface area contributed by atoms with Crippen molar-refractivity contribution in [1.29, 1.82) is 0 Å². The maximum Gasteiger partial charge on any atom is 0.210 e. The first kappa shape index (κ1) is 13.0. The second-order valence-corrected chi connectivity index (χ2v) is 5.12. The summed E-state index contributed by atoms with van der Waals surface area (Å²) in [6, 6.07) is 7.57. The van der Waals surface area contributed by atoms with Crippen molar-refractivity contribution >= 4 is 15.7 Å². The molecular formula is C10H16N2O3S. The summed E-state index contributed by atoms with van der Waals surface area (Å²) in [6.45, 7) is 0.776.